The molecule has 398 valence electrons. The van der Waals surface area contributed by atoms with E-state index in [1.165, 1.54) is 14.0 Å². The Morgan fingerprint density at radius 1 is 0.309 bits per heavy atom. The summed E-state index contributed by atoms with van der Waals surface area (Å²) < 4.78 is 66.6. The van der Waals surface area contributed by atoms with Gasteiger partial charge in [-0.25, -0.2) is 0 Å². The summed E-state index contributed by atoms with van der Waals surface area (Å²) in [6.07, 6.45) is -51.9. The van der Waals surface area contributed by atoms with Gasteiger partial charge in [-0.15, -0.1) is 0 Å². The summed E-state index contributed by atoms with van der Waals surface area (Å²) in [4.78, 5) is 0. The van der Waals surface area contributed by atoms with Crippen molar-refractivity contribution in [3.05, 3.63) is 0 Å². The van der Waals surface area contributed by atoms with E-state index in [1.807, 2.05) is 0 Å². The molecule has 0 radical (unpaired) electrons. The molecular weight excluding hydrogens is 936 g/mol. The normalized spacial score (nSPS) is 52.8. The van der Waals surface area contributed by atoms with E-state index < -0.39 is 224 Å². The second-order valence-corrected chi connectivity index (χ2v) is 17.3. The first-order valence-corrected chi connectivity index (χ1v) is 21.8. The van der Waals surface area contributed by atoms with Crippen LogP contribution in [-0.4, -0.2) is 323 Å². The topological polar surface area (TPSA) is 475 Å². The molecule has 0 aliphatic carbocycles. The zero-order chi connectivity index (χ0) is 50.0. The molecule has 6 saturated heterocycles. The lowest BCUT2D eigenvalue weighted by atomic mass is 9.94. The van der Waals surface area contributed by atoms with Crippen LogP contribution in [0.3, 0.4) is 0 Å². The highest BCUT2D eigenvalue weighted by molar-refractivity contribution is 4.99. The van der Waals surface area contributed by atoms with Crippen LogP contribution in [0.5, 0.6) is 0 Å². The molecule has 6 rings (SSSR count). The maximum Gasteiger partial charge on any atom is 0.187 e. The zero-order valence-electron chi connectivity index (χ0n) is 36.5. The van der Waals surface area contributed by atoms with E-state index >= 15 is 0 Å². The highest BCUT2D eigenvalue weighted by Crippen LogP contribution is 2.36. The van der Waals surface area contributed by atoms with E-state index in [0.717, 1.165) is 0 Å². The van der Waals surface area contributed by atoms with Gasteiger partial charge >= 0.3 is 0 Å². The first-order valence-electron chi connectivity index (χ1n) is 21.8. The Morgan fingerprint density at radius 2 is 0.588 bits per heavy atom. The van der Waals surface area contributed by atoms with E-state index in [9.17, 15) is 91.9 Å². The summed E-state index contributed by atoms with van der Waals surface area (Å²) in [5.41, 5.74) is 0. The Kier molecular flexibility index (Phi) is 20.0. The second kappa shape index (κ2) is 24.2. The number of aliphatic hydroxyl groups excluding tert-OH is 18. The molecule has 6 aliphatic heterocycles. The third kappa shape index (κ3) is 11.4. The molecule has 0 aromatic rings. The van der Waals surface area contributed by atoms with Crippen molar-refractivity contribution in [3.63, 3.8) is 0 Å². The molecule has 68 heavy (non-hydrogen) atoms. The molecule has 13 unspecified atom stereocenters. The van der Waals surface area contributed by atoms with Crippen molar-refractivity contribution in [1.82, 2.24) is 0 Å². The standard InChI is InChI=1S/C38H66O30/c1-9-16(44)19(47)30(11(4-40)59-9)65-37-27(55)22(50)32(13(6-42)62-37)66-35-24(52)18(46)17(45)15(64-35)8-58-34-25(53)21(49)31(12(5-41)60-34)67-38-28(56)23(51)33(14(7-43)63-38)68-36-26(54)20(48)29(57-2)10(3-39)61-36/h9-56H,3-8H2,1-2H3/t9?,10?,11?,12?,13?,14?,15?,16?,17-,18+,19-,20-,21-,22-,23-,24?,25?,26?,27?,28?,29-,30-,31-,32-,33-,34+,35-,36-,37-,38-/m1/s1. The largest absolute Gasteiger partial charge is 0.394 e. The van der Waals surface area contributed by atoms with Crippen molar-refractivity contribution in [3.8, 4) is 0 Å². The van der Waals surface area contributed by atoms with Gasteiger partial charge in [0.2, 0.25) is 0 Å². The molecule has 6 aliphatic rings. The first kappa shape index (κ1) is 56.1. The van der Waals surface area contributed by atoms with E-state index in [0.29, 0.717) is 0 Å². The highest BCUT2D eigenvalue weighted by atomic mass is 16.8. The lowest BCUT2D eigenvalue weighted by Crippen LogP contribution is -2.67. The smallest absolute Gasteiger partial charge is 0.187 e. The van der Waals surface area contributed by atoms with Crippen LogP contribution < -0.4 is 0 Å². The van der Waals surface area contributed by atoms with Crippen LogP contribution in [-0.2, 0) is 56.8 Å². The number of ether oxygens (including phenoxy) is 12. The molecule has 0 spiro atoms. The monoisotopic (exact) mass is 1000 g/mol. The van der Waals surface area contributed by atoms with E-state index in [1.54, 1.807) is 0 Å². The van der Waals surface area contributed by atoms with E-state index in [4.69, 9.17) is 56.8 Å². The Hall–Kier alpha value is -1.20. The minimum absolute atomic E-state index is 0.684. The molecule has 6 heterocycles. The predicted molar refractivity (Wildman–Crippen MR) is 207 cm³/mol. The first-order chi connectivity index (χ1) is 32.3. The van der Waals surface area contributed by atoms with Gasteiger partial charge in [-0.05, 0) is 6.92 Å². The summed E-state index contributed by atoms with van der Waals surface area (Å²) in [6, 6.07) is 0. The number of rotatable bonds is 17. The van der Waals surface area contributed by atoms with Crippen LogP contribution in [0, 0.1) is 0 Å². The summed E-state index contributed by atoms with van der Waals surface area (Å²) in [5.74, 6) is 0. The van der Waals surface area contributed by atoms with Crippen molar-refractivity contribution in [2.45, 2.75) is 191 Å². The third-order valence-electron chi connectivity index (χ3n) is 12.9. The molecule has 6 fully saturated rings. The summed E-state index contributed by atoms with van der Waals surface area (Å²) in [6.45, 7) is -3.59. The minimum Gasteiger partial charge on any atom is -0.394 e. The van der Waals surface area contributed by atoms with Gasteiger partial charge in [-0.1, -0.05) is 0 Å². The quantitative estimate of drug-likeness (QED) is 0.0643. The minimum atomic E-state index is -2.07. The fourth-order valence-electron chi connectivity index (χ4n) is 8.90. The van der Waals surface area contributed by atoms with Gasteiger partial charge in [0.15, 0.2) is 31.5 Å². The van der Waals surface area contributed by atoms with Crippen molar-refractivity contribution >= 4 is 0 Å². The Bertz CT molecular complexity index is 1520. The Morgan fingerprint density at radius 3 is 0.956 bits per heavy atom. The molecule has 0 aromatic heterocycles. The van der Waals surface area contributed by atoms with Gasteiger partial charge in [0, 0.05) is 7.11 Å². The second-order valence-electron chi connectivity index (χ2n) is 17.3. The molecular formula is C38H66O30. The van der Waals surface area contributed by atoms with Crippen LogP contribution in [0.2, 0.25) is 0 Å². The number of methoxy groups -OCH3 is 1. The van der Waals surface area contributed by atoms with E-state index in [-0.39, 0.29) is 0 Å². The lowest BCUT2D eigenvalue weighted by Gasteiger charge is -2.48. The molecule has 30 heteroatoms. The summed E-state index contributed by atoms with van der Waals surface area (Å²) in [5, 5.41) is 191. The number of hydrogen-bond donors (Lipinski definition) is 18. The molecule has 0 amide bonds. The van der Waals surface area contributed by atoms with Gasteiger partial charge < -0.3 is 149 Å². The Labute approximate surface area is 386 Å². The average Bonchev–Trinajstić information content (AvgIpc) is 3.33. The zero-order valence-corrected chi connectivity index (χ0v) is 36.5. The van der Waals surface area contributed by atoms with Gasteiger partial charge in [-0.2, -0.15) is 0 Å². The molecule has 30 atom stereocenters. The predicted octanol–water partition coefficient (Wildman–Crippen LogP) is -12.4. The van der Waals surface area contributed by atoms with Crippen LogP contribution in [0.4, 0.5) is 0 Å². The van der Waals surface area contributed by atoms with Crippen molar-refractivity contribution < 1.29 is 149 Å². The van der Waals surface area contributed by atoms with Crippen LogP contribution >= 0.6 is 0 Å². The molecule has 0 aromatic carbocycles. The maximum absolute atomic E-state index is 11.2. The fourth-order valence-corrected chi connectivity index (χ4v) is 8.90. The van der Waals surface area contributed by atoms with Crippen LogP contribution in [0.15, 0.2) is 0 Å². The SMILES string of the molecule is CO[C@@H]1C(CO)O[C@H](O[C@@H]2C(CO)O[C@H](O[C@@H]3C(CO)O[C@H](OCC4O[C@H](O[C@@H]5C(CO)O[C@H](O[C@@H]6C(CO)OC(C)C(O)[C@H]6O)C(O)[C@H]5O)C(O)[C@@H](O)[C@@H]4O)C(O)[C@H]3O)C(O)[C@H]2O)C(O)[C@H]1O. The Balaban J connectivity index is 1.05. The third-order valence-corrected chi connectivity index (χ3v) is 12.9. The number of aliphatic hydroxyl groups is 18. The molecule has 30 nitrogen and oxygen atoms in total. The van der Waals surface area contributed by atoms with Crippen LogP contribution in [0.25, 0.3) is 0 Å². The van der Waals surface area contributed by atoms with Gasteiger partial charge in [0.1, 0.15) is 146 Å². The molecule has 0 saturated carbocycles. The van der Waals surface area contributed by atoms with Gasteiger partial charge in [0.05, 0.1) is 45.7 Å². The van der Waals surface area contributed by atoms with Crippen molar-refractivity contribution in [1.29, 1.82) is 0 Å². The van der Waals surface area contributed by atoms with E-state index in [2.05, 4.69) is 0 Å². The summed E-state index contributed by atoms with van der Waals surface area (Å²) in [7, 11) is 1.20. The van der Waals surface area contributed by atoms with Crippen molar-refractivity contribution in [2.75, 3.05) is 46.8 Å². The summed E-state index contributed by atoms with van der Waals surface area (Å²) >= 11 is 0. The van der Waals surface area contributed by atoms with Gasteiger partial charge in [-0.3, -0.25) is 0 Å². The molecule has 0 bridgehead atoms. The van der Waals surface area contributed by atoms with Gasteiger partial charge in [0.25, 0.3) is 0 Å². The average molecular weight is 1000 g/mol. The fraction of sp³-hybridized carbons (Fsp3) is 1.00. The lowest BCUT2D eigenvalue weighted by molar-refractivity contribution is -0.384. The highest BCUT2D eigenvalue weighted by Gasteiger charge is 2.56. The molecule has 18 N–H and O–H groups in total. The maximum atomic E-state index is 11.2. The van der Waals surface area contributed by atoms with Crippen LogP contribution in [0.1, 0.15) is 6.92 Å². The van der Waals surface area contributed by atoms with Crippen molar-refractivity contribution in [2.24, 2.45) is 0 Å². The number of hydrogen-bond acceptors (Lipinski definition) is 30.